The molecule has 1 amide bonds. The number of fused-ring (bicyclic) bond motifs is 2. The first-order chi connectivity index (χ1) is 18.0. The number of amides is 1. The van der Waals surface area contributed by atoms with Crippen LogP contribution in [0.3, 0.4) is 0 Å². The average molecular weight is 504 g/mol. The van der Waals surface area contributed by atoms with Crippen molar-refractivity contribution in [1.29, 1.82) is 0 Å². The molecule has 2 aromatic heterocycles. The Hall–Kier alpha value is -4.53. The van der Waals surface area contributed by atoms with E-state index >= 15 is 0 Å². The fourth-order valence-corrected chi connectivity index (χ4v) is 4.37. The largest absolute Gasteiger partial charge is 0.465 e. The van der Waals surface area contributed by atoms with E-state index < -0.39 is 25.1 Å². The van der Waals surface area contributed by atoms with Crippen molar-refractivity contribution in [3.05, 3.63) is 89.5 Å². The highest BCUT2D eigenvalue weighted by molar-refractivity contribution is 6.07. The Morgan fingerprint density at radius 2 is 1.86 bits per heavy atom. The maximum absolute atomic E-state index is 13.3. The second-order valence-corrected chi connectivity index (χ2v) is 8.40. The summed E-state index contributed by atoms with van der Waals surface area (Å²) >= 11 is 0. The van der Waals surface area contributed by atoms with Gasteiger partial charge in [-0.25, -0.2) is 9.78 Å². The molecule has 0 fully saturated rings. The van der Waals surface area contributed by atoms with E-state index in [1.54, 1.807) is 6.26 Å². The molecule has 2 heterocycles. The minimum Gasteiger partial charge on any atom is -0.465 e. The van der Waals surface area contributed by atoms with Gasteiger partial charge in [0.2, 0.25) is 0 Å². The van der Waals surface area contributed by atoms with Crippen LogP contribution in [-0.4, -0.2) is 30.1 Å². The van der Waals surface area contributed by atoms with Crippen LogP contribution in [0.1, 0.15) is 40.2 Å². The Kier molecular flexibility index (Phi) is 6.93. The molecule has 188 valence electrons. The van der Waals surface area contributed by atoms with Gasteiger partial charge in [-0.15, -0.1) is 0 Å². The van der Waals surface area contributed by atoms with E-state index in [1.165, 1.54) is 24.3 Å². The molecule has 2 aromatic carbocycles. The summed E-state index contributed by atoms with van der Waals surface area (Å²) in [4.78, 5) is 30.6. The molecule has 0 radical (unpaired) electrons. The van der Waals surface area contributed by atoms with Crippen LogP contribution in [0.4, 0.5) is 14.5 Å². The summed E-state index contributed by atoms with van der Waals surface area (Å²) in [5, 5.41) is 3.22. The predicted octanol–water partition coefficient (Wildman–Crippen LogP) is 6.10. The first-order valence-electron chi connectivity index (χ1n) is 11.7. The molecule has 0 saturated heterocycles. The molecule has 5 rings (SSSR count). The number of hydrogen-bond donors (Lipinski definition) is 1. The van der Waals surface area contributed by atoms with Crippen LogP contribution < -0.4 is 10.1 Å². The van der Waals surface area contributed by atoms with Crippen molar-refractivity contribution in [2.24, 2.45) is 0 Å². The van der Waals surface area contributed by atoms with Gasteiger partial charge in [-0.2, -0.15) is 8.78 Å². The summed E-state index contributed by atoms with van der Waals surface area (Å²) in [6, 6.07) is 16.4. The first-order valence-corrected chi connectivity index (χ1v) is 11.7. The van der Waals surface area contributed by atoms with Crippen molar-refractivity contribution in [2.45, 2.75) is 25.9 Å². The Morgan fingerprint density at radius 3 is 2.62 bits per heavy atom. The van der Waals surface area contributed by atoms with E-state index in [9.17, 15) is 18.4 Å². The summed E-state index contributed by atoms with van der Waals surface area (Å²) in [5.74, 6) is -0.520. The number of furan rings is 1. The van der Waals surface area contributed by atoms with E-state index in [1.807, 2.05) is 42.5 Å². The van der Waals surface area contributed by atoms with Gasteiger partial charge in [0, 0.05) is 11.1 Å². The number of carbonyl (C=O) groups excluding carboxylic acids is 2. The number of carbonyl (C=O) groups is 2. The summed E-state index contributed by atoms with van der Waals surface area (Å²) < 4.78 is 39.8. The third-order valence-corrected chi connectivity index (χ3v) is 5.93. The zero-order chi connectivity index (χ0) is 25.8. The predicted molar refractivity (Wildman–Crippen MR) is 133 cm³/mol. The number of benzene rings is 2. The topological polar surface area (TPSA) is 90.7 Å². The van der Waals surface area contributed by atoms with Crippen LogP contribution in [0.5, 0.6) is 5.75 Å². The van der Waals surface area contributed by atoms with Crippen molar-refractivity contribution in [3.63, 3.8) is 0 Å². The lowest BCUT2D eigenvalue weighted by molar-refractivity contribution is -0.119. The van der Waals surface area contributed by atoms with Crippen LogP contribution in [0.15, 0.2) is 71.3 Å². The van der Waals surface area contributed by atoms with E-state index in [2.05, 4.69) is 10.1 Å². The number of ether oxygens (including phenoxy) is 2. The van der Waals surface area contributed by atoms with Crippen molar-refractivity contribution >= 4 is 40.1 Å². The molecular weight excluding hydrogens is 482 g/mol. The van der Waals surface area contributed by atoms with E-state index in [0.29, 0.717) is 34.3 Å². The molecule has 0 saturated carbocycles. The summed E-state index contributed by atoms with van der Waals surface area (Å²) in [6.45, 7) is -3.46. The van der Waals surface area contributed by atoms with E-state index in [-0.39, 0.29) is 5.75 Å². The van der Waals surface area contributed by atoms with Crippen molar-refractivity contribution in [2.75, 3.05) is 11.9 Å². The third-order valence-electron chi connectivity index (χ3n) is 5.93. The highest BCUT2D eigenvalue weighted by Gasteiger charge is 2.26. The number of halogens is 2. The van der Waals surface area contributed by atoms with E-state index in [4.69, 9.17) is 14.1 Å². The van der Waals surface area contributed by atoms with E-state index in [0.717, 1.165) is 29.7 Å². The molecule has 37 heavy (non-hydrogen) atoms. The number of rotatable bonds is 7. The van der Waals surface area contributed by atoms with Crippen LogP contribution in [0.25, 0.3) is 22.6 Å². The number of pyridine rings is 1. The number of para-hydroxylation sites is 1. The van der Waals surface area contributed by atoms with Crippen molar-refractivity contribution in [1.82, 2.24) is 4.98 Å². The molecule has 9 heteroatoms. The minimum atomic E-state index is -2.94. The molecular formula is C28H22F2N2O5. The molecule has 1 aliphatic rings. The van der Waals surface area contributed by atoms with Crippen molar-refractivity contribution < 1.29 is 32.3 Å². The van der Waals surface area contributed by atoms with Gasteiger partial charge in [0.25, 0.3) is 5.91 Å². The summed E-state index contributed by atoms with van der Waals surface area (Å²) in [6.07, 6.45) is 5.79. The zero-order valence-corrected chi connectivity index (χ0v) is 19.6. The number of aromatic nitrogens is 1. The van der Waals surface area contributed by atoms with Crippen LogP contribution >= 0.6 is 0 Å². The maximum Gasteiger partial charge on any atom is 0.387 e. The van der Waals surface area contributed by atoms with Crippen molar-refractivity contribution in [3.8, 4) is 5.75 Å². The quantitative estimate of drug-likeness (QED) is 0.306. The second-order valence-electron chi connectivity index (χ2n) is 8.40. The Bertz CT molecular complexity index is 1460. The van der Waals surface area contributed by atoms with Crippen LogP contribution in [0, 0.1) is 0 Å². The number of allylic oxidation sites excluding steroid dienone is 1. The van der Waals surface area contributed by atoms with Crippen LogP contribution in [0.2, 0.25) is 0 Å². The highest BCUT2D eigenvalue weighted by Crippen LogP contribution is 2.36. The van der Waals surface area contributed by atoms with Crippen LogP contribution in [-0.2, 0) is 16.0 Å². The van der Waals surface area contributed by atoms with Gasteiger partial charge >= 0.3 is 12.6 Å². The lowest BCUT2D eigenvalue weighted by Crippen LogP contribution is -2.22. The standard InChI is InChI=1S/C28H22F2N2O5/c29-28(30)37-19-12-10-18(11-13-19)31-24(33)16-36-27(34)25-21-7-1-2-9-23(21)32-26-17(5-3-8-22(25)26)15-20-6-4-14-35-20/h1-2,4,6-7,9-15,28H,3,5,8,16H2,(H,31,33). The molecule has 0 spiro atoms. The van der Waals surface area contributed by atoms with Gasteiger partial charge in [-0.3, -0.25) is 4.79 Å². The summed E-state index contributed by atoms with van der Waals surface area (Å²) in [7, 11) is 0. The van der Waals surface area contributed by atoms with Gasteiger partial charge in [0.1, 0.15) is 11.5 Å². The Labute approximate surface area is 210 Å². The lowest BCUT2D eigenvalue weighted by Gasteiger charge is -2.22. The molecule has 0 aliphatic heterocycles. The normalized spacial score (nSPS) is 14.0. The number of alkyl halides is 2. The Morgan fingerprint density at radius 1 is 1.05 bits per heavy atom. The fourth-order valence-electron chi connectivity index (χ4n) is 4.37. The number of nitrogens with one attached hydrogen (secondary N) is 1. The number of nitrogens with zero attached hydrogens (tertiary/aromatic N) is 1. The number of hydrogen-bond acceptors (Lipinski definition) is 6. The molecule has 4 aromatic rings. The molecule has 1 N–H and O–H groups in total. The Balaban J connectivity index is 1.37. The van der Waals surface area contributed by atoms with Gasteiger partial charge < -0.3 is 19.2 Å². The first kappa shape index (κ1) is 24.2. The second kappa shape index (κ2) is 10.6. The fraction of sp³-hybridized carbons (Fsp3) is 0.179. The SMILES string of the molecule is O=C(COC(=O)c1c2c(nc3ccccc13)C(=Cc1ccco1)CCC2)Nc1ccc(OC(F)F)cc1. The van der Waals surface area contributed by atoms with Gasteiger partial charge in [-0.05, 0) is 78.9 Å². The highest BCUT2D eigenvalue weighted by atomic mass is 19.3. The molecule has 1 aliphatic carbocycles. The smallest absolute Gasteiger partial charge is 0.387 e. The maximum atomic E-state index is 13.3. The monoisotopic (exact) mass is 504 g/mol. The molecule has 0 unspecified atom stereocenters. The summed E-state index contributed by atoms with van der Waals surface area (Å²) in [5.41, 5.74) is 3.87. The lowest BCUT2D eigenvalue weighted by atomic mass is 9.86. The molecule has 7 nitrogen and oxygen atoms in total. The average Bonchev–Trinajstić information content (AvgIpc) is 3.40. The number of esters is 1. The third kappa shape index (κ3) is 5.50. The molecule has 0 atom stereocenters. The van der Waals surface area contributed by atoms with Gasteiger partial charge in [0.15, 0.2) is 6.61 Å². The zero-order valence-electron chi connectivity index (χ0n) is 19.6. The van der Waals surface area contributed by atoms with Gasteiger partial charge in [-0.1, -0.05) is 18.2 Å². The minimum absolute atomic E-state index is 0.0331. The van der Waals surface area contributed by atoms with Gasteiger partial charge in [0.05, 0.1) is 23.0 Å². The molecule has 0 bridgehead atoms. The number of anilines is 1.